The molecular weight excluding hydrogens is 153 g/mol. The van der Waals surface area contributed by atoms with E-state index in [1.54, 1.807) is 7.05 Å². The van der Waals surface area contributed by atoms with E-state index in [-0.39, 0.29) is 5.82 Å². The normalized spacial score (nSPS) is 10.0. The Bertz CT molecular complexity index is 281. The van der Waals surface area contributed by atoms with Gasteiger partial charge in [0, 0.05) is 12.7 Å². The molecule has 0 spiro atoms. The summed E-state index contributed by atoms with van der Waals surface area (Å²) in [6.07, 6.45) is 0.873. The van der Waals surface area contributed by atoms with E-state index in [0.717, 1.165) is 23.2 Å². The molecule has 1 aromatic carbocycles. The van der Waals surface area contributed by atoms with Crippen LogP contribution in [-0.2, 0) is 6.42 Å². The molecular formula is C10H14FN. The van der Waals surface area contributed by atoms with Gasteiger partial charge in [-0.1, -0.05) is 6.92 Å². The highest BCUT2D eigenvalue weighted by Crippen LogP contribution is 2.19. The Hall–Kier alpha value is -1.05. The molecule has 0 aromatic heterocycles. The van der Waals surface area contributed by atoms with Crippen LogP contribution in [0.2, 0.25) is 0 Å². The van der Waals surface area contributed by atoms with E-state index >= 15 is 0 Å². The molecule has 0 saturated carbocycles. The summed E-state index contributed by atoms with van der Waals surface area (Å²) in [5, 5.41) is 2.93. The van der Waals surface area contributed by atoms with Crippen LogP contribution in [0.4, 0.5) is 10.1 Å². The maximum Gasteiger partial charge on any atom is 0.128 e. The van der Waals surface area contributed by atoms with E-state index in [0.29, 0.717) is 0 Å². The molecule has 0 amide bonds. The fourth-order valence-corrected chi connectivity index (χ4v) is 1.25. The molecule has 0 bridgehead atoms. The molecule has 0 aliphatic heterocycles. The Kier molecular flexibility index (Phi) is 2.69. The first-order chi connectivity index (χ1) is 5.69. The third-order valence-corrected chi connectivity index (χ3v) is 2.12. The summed E-state index contributed by atoms with van der Waals surface area (Å²) in [6.45, 7) is 3.84. The zero-order valence-electron chi connectivity index (χ0n) is 7.74. The molecule has 12 heavy (non-hydrogen) atoms. The molecule has 1 aromatic rings. The molecule has 66 valence electrons. The van der Waals surface area contributed by atoms with Crippen molar-refractivity contribution >= 4 is 5.69 Å². The van der Waals surface area contributed by atoms with Gasteiger partial charge in [-0.25, -0.2) is 4.39 Å². The Morgan fingerprint density at radius 2 is 2.08 bits per heavy atom. The standard InChI is InChI=1S/C10H14FN/c1-4-8-5-9(12-3)6-10(11)7(8)2/h5-6,12H,4H2,1-3H3. The minimum atomic E-state index is -0.126. The average molecular weight is 167 g/mol. The van der Waals surface area contributed by atoms with Crippen LogP contribution in [0.25, 0.3) is 0 Å². The smallest absolute Gasteiger partial charge is 0.128 e. The van der Waals surface area contributed by atoms with Gasteiger partial charge in [0.1, 0.15) is 5.82 Å². The number of benzene rings is 1. The van der Waals surface area contributed by atoms with Crippen molar-refractivity contribution in [2.75, 3.05) is 12.4 Å². The third-order valence-electron chi connectivity index (χ3n) is 2.12. The summed E-state index contributed by atoms with van der Waals surface area (Å²) in [5.41, 5.74) is 2.67. The first kappa shape index (κ1) is 9.04. The first-order valence-electron chi connectivity index (χ1n) is 4.15. The lowest BCUT2D eigenvalue weighted by Gasteiger charge is -2.07. The number of hydrogen-bond acceptors (Lipinski definition) is 1. The van der Waals surface area contributed by atoms with Gasteiger partial charge < -0.3 is 5.32 Å². The third kappa shape index (κ3) is 1.58. The highest BCUT2D eigenvalue weighted by Gasteiger charge is 2.03. The summed E-state index contributed by atoms with van der Waals surface area (Å²) in [6, 6.07) is 3.51. The lowest BCUT2D eigenvalue weighted by atomic mass is 10.1. The van der Waals surface area contributed by atoms with Gasteiger partial charge in [0.25, 0.3) is 0 Å². The number of aryl methyl sites for hydroxylation is 1. The zero-order chi connectivity index (χ0) is 9.14. The minimum absolute atomic E-state index is 0.126. The summed E-state index contributed by atoms with van der Waals surface area (Å²) < 4.78 is 13.2. The molecule has 1 N–H and O–H groups in total. The maximum absolute atomic E-state index is 13.2. The largest absolute Gasteiger partial charge is 0.388 e. The summed E-state index contributed by atoms with van der Waals surface area (Å²) in [4.78, 5) is 0. The second kappa shape index (κ2) is 3.57. The monoisotopic (exact) mass is 167 g/mol. The van der Waals surface area contributed by atoms with Gasteiger partial charge in [-0.3, -0.25) is 0 Å². The predicted octanol–water partition coefficient (Wildman–Crippen LogP) is 2.74. The van der Waals surface area contributed by atoms with Crippen LogP contribution in [0.3, 0.4) is 0 Å². The van der Waals surface area contributed by atoms with Crippen molar-refractivity contribution in [2.24, 2.45) is 0 Å². The van der Waals surface area contributed by atoms with Gasteiger partial charge in [-0.2, -0.15) is 0 Å². The Labute approximate surface area is 72.6 Å². The lowest BCUT2D eigenvalue weighted by Crippen LogP contribution is -1.96. The molecule has 0 heterocycles. The van der Waals surface area contributed by atoms with Gasteiger partial charge in [-0.05, 0) is 36.6 Å². The topological polar surface area (TPSA) is 12.0 Å². The van der Waals surface area contributed by atoms with Crippen LogP contribution in [0.1, 0.15) is 18.1 Å². The van der Waals surface area contributed by atoms with Gasteiger partial charge in [-0.15, -0.1) is 0 Å². The van der Waals surface area contributed by atoms with Crippen molar-refractivity contribution in [2.45, 2.75) is 20.3 Å². The predicted molar refractivity (Wildman–Crippen MR) is 50.1 cm³/mol. The molecule has 0 aliphatic rings. The van der Waals surface area contributed by atoms with Crippen molar-refractivity contribution in [3.8, 4) is 0 Å². The van der Waals surface area contributed by atoms with Crippen LogP contribution in [0.5, 0.6) is 0 Å². The Morgan fingerprint density at radius 3 is 2.58 bits per heavy atom. The van der Waals surface area contributed by atoms with Crippen molar-refractivity contribution in [1.82, 2.24) is 0 Å². The highest BCUT2D eigenvalue weighted by molar-refractivity contribution is 5.48. The van der Waals surface area contributed by atoms with Crippen LogP contribution in [-0.4, -0.2) is 7.05 Å². The molecule has 1 rings (SSSR count). The van der Waals surface area contributed by atoms with Crippen molar-refractivity contribution in [3.05, 3.63) is 29.1 Å². The fourth-order valence-electron chi connectivity index (χ4n) is 1.25. The molecule has 0 atom stereocenters. The van der Waals surface area contributed by atoms with Gasteiger partial charge >= 0.3 is 0 Å². The quantitative estimate of drug-likeness (QED) is 0.714. The van der Waals surface area contributed by atoms with Crippen molar-refractivity contribution in [3.63, 3.8) is 0 Å². The van der Waals surface area contributed by atoms with Crippen molar-refractivity contribution < 1.29 is 4.39 Å². The molecule has 2 heteroatoms. The molecule has 0 saturated heterocycles. The summed E-state index contributed by atoms with van der Waals surface area (Å²) in [7, 11) is 1.80. The number of hydrogen-bond donors (Lipinski definition) is 1. The van der Waals surface area contributed by atoms with E-state index in [9.17, 15) is 4.39 Å². The molecule has 0 fully saturated rings. The van der Waals surface area contributed by atoms with E-state index in [4.69, 9.17) is 0 Å². The van der Waals surface area contributed by atoms with Crippen LogP contribution >= 0.6 is 0 Å². The fraction of sp³-hybridized carbons (Fsp3) is 0.400. The minimum Gasteiger partial charge on any atom is -0.388 e. The van der Waals surface area contributed by atoms with Crippen LogP contribution in [0.15, 0.2) is 12.1 Å². The highest BCUT2D eigenvalue weighted by atomic mass is 19.1. The molecule has 0 unspecified atom stereocenters. The Balaban J connectivity index is 3.19. The van der Waals surface area contributed by atoms with Crippen molar-refractivity contribution in [1.29, 1.82) is 0 Å². The van der Waals surface area contributed by atoms with Gasteiger partial charge in [0.2, 0.25) is 0 Å². The Morgan fingerprint density at radius 1 is 1.42 bits per heavy atom. The van der Waals surface area contributed by atoms with Crippen LogP contribution < -0.4 is 5.32 Å². The summed E-state index contributed by atoms with van der Waals surface area (Å²) >= 11 is 0. The lowest BCUT2D eigenvalue weighted by molar-refractivity contribution is 0.616. The van der Waals surface area contributed by atoms with E-state index in [1.807, 2.05) is 19.9 Å². The van der Waals surface area contributed by atoms with Gasteiger partial charge in [0.15, 0.2) is 0 Å². The zero-order valence-corrected chi connectivity index (χ0v) is 7.74. The number of rotatable bonds is 2. The van der Waals surface area contributed by atoms with E-state index < -0.39 is 0 Å². The second-order valence-corrected chi connectivity index (χ2v) is 2.85. The van der Waals surface area contributed by atoms with E-state index in [2.05, 4.69) is 5.32 Å². The first-order valence-corrected chi connectivity index (χ1v) is 4.15. The SMILES string of the molecule is CCc1cc(NC)cc(F)c1C. The van der Waals surface area contributed by atoms with Crippen LogP contribution in [0, 0.1) is 12.7 Å². The number of anilines is 1. The molecule has 0 aliphatic carbocycles. The molecule has 0 radical (unpaired) electrons. The average Bonchev–Trinajstić information content (AvgIpc) is 2.09. The van der Waals surface area contributed by atoms with Gasteiger partial charge in [0.05, 0.1) is 0 Å². The number of nitrogens with one attached hydrogen (secondary N) is 1. The second-order valence-electron chi connectivity index (χ2n) is 2.85. The van der Waals surface area contributed by atoms with E-state index in [1.165, 1.54) is 6.07 Å². The molecule has 1 nitrogen and oxygen atoms in total. The summed E-state index contributed by atoms with van der Waals surface area (Å²) in [5.74, 6) is -0.126. The maximum atomic E-state index is 13.2. The number of halogens is 1.